The molecule has 2 rings (SSSR count). The summed E-state index contributed by atoms with van der Waals surface area (Å²) < 4.78 is 5.18. The second kappa shape index (κ2) is 3.73. The van der Waals surface area contributed by atoms with Gasteiger partial charge in [0.05, 0.1) is 0 Å². The summed E-state index contributed by atoms with van der Waals surface area (Å²) in [6.07, 6.45) is 5.90. The van der Waals surface area contributed by atoms with Crippen LogP contribution in [0.2, 0.25) is 0 Å². The van der Waals surface area contributed by atoms with E-state index in [2.05, 4.69) is 23.4 Å². The molecule has 0 spiro atoms. The molecule has 0 aromatic carbocycles. The quantitative estimate of drug-likeness (QED) is 0.762. The van der Waals surface area contributed by atoms with Gasteiger partial charge in [0, 0.05) is 5.57 Å². The third-order valence-electron chi connectivity index (χ3n) is 2.42. The lowest BCUT2D eigenvalue weighted by Crippen LogP contribution is -1.90. The number of hydrogen-bond acceptors (Lipinski definition) is 4. The zero-order valence-electron chi connectivity index (χ0n) is 8.44. The number of aromatic nitrogens is 2. The van der Waals surface area contributed by atoms with Crippen LogP contribution in [0.4, 0.5) is 6.01 Å². The number of hydrogen-bond donors (Lipinski definition) is 1. The van der Waals surface area contributed by atoms with Crippen LogP contribution in [-0.4, -0.2) is 10.2 Å². The molecule has 1 heterocycles. The third kappa shape index (κ3) is 1.83. The van der Waals surface area contributed by atoms with Gasteiger partial charge in [-0.2, -0.15) is 0 Å². The first kappa shape index (κ1) is 9.71. The monoisotopic (exact) mass is 203 g/mol. The van der Waals surface area contributed by atoms with E-state index < -0.39 is 0 Å². The van der Waals surface area contributed by atoms with Crippen molar-refractivity contribution in [1.82, 2.24) is 10.2 Å². The van der Waals surface area contributed by atoms with E-state index in [0.717, 1.165) is 11.1 Å². The van der Waals surface area contributed by atoms with Gasteiger partial charge in [-0.15, -0.1) is 5.10 Å². The lowest BCUT2D eigenvalue weighted by atomic mass is 10.0. The number of rotatable bonds is 4. The molecule has 15 heavy (non-hydrogen) atoms. The molecule has 0 atom stereocenters. The van der Waals surface area contributed by atoms with E-state index in [-0.39, 0.29) is 6.01 Å². The van der Waals surface area contributed by atoms with Crippen molar-refractivity contribution in [1.29, 1.82) is 0 Å². The Morgan fingerprint density at radius 2 is 2.07 bits per heavy atom. The molecule has 78 valence electrons. The van der Waals surface area contributed by atoms with Crippen LogP contribution in [0.5, 0.6) is 0 Å². The van der Waals surface area contributed by atoms with Crippen molar-refractivity contribution in [2.75, 3.05) is 5.73 Å². The first-order valence-electron chi connectivity index (χ1n) is 4.84. The van der Waals surface area contributed by atoms with E-state index in [4.69, 9.17) is 10.2 Å². The van der Waals surface area contributed by atoms with Crippen molar-refractivity contribution in [2.24, 2.45) is 5.92 Å². The van der Waals surface area contributed by atoms with Gasteiger partial charge in [-0.25, -0.2) is 0 Å². The van der Waals surface area contributed by atoms with Crippen molar-refractivity contribution in [3.63, 3.8) is 0 Å². The highest BCUT2D eigenvalue weighted by Crippen LogP contribution is 2.40. The molecule has 0 bridgehead atoms. The second-order valence-corrected chi connectivity index (χ2v) is 3.50. The van der Waals surface area contributed by atoms with Crippen LogP contribution in [-0.2, 0) is 0 Å². The molecular weight excluding hydrogens is 190 g/mol. The van der Waals surface area contributed by atoms with Gasteiger partial charge in [0.15, 0.2) is 0 Å². The topological polar surface area (TPSA) is 64.9 Å². The highest BCUT2D eigenvalue weighted by molar-refractivity contribution is 5.74. The molecule has 1 saturated carbocycles. The minimum atomic E-state index is 0.0727. The van der Waals surface area contributed by atoms with Crippen LogP contribution in [0.15, 0.2) is 35.3 Å². The lowest BCUT2D eigenvalue weighted by molar-refractivity contribution is 0.559. The van der Waals surface area contributed by atoms with E-state index in [0.29, 0.717) is 11.8 Å². The van der Waals surface area contributed by atoms with Crippen LogP contribution >= 0.6 is 0 Å². The van der Waals surface area contributed by atoms with Gasteiger partial charge >= 0.3 is 6.01 Å². The fourth-order valence-electron chi connectivity index (χ4n) is 1.56. The molecule has 0 aliphatic heterocycles. The largest absolute Gasteiger partial charge is 0.404 e. The predicted molar refractivity (Wildman–Crippen MR) is 58.7 cm³/mol. The zero-order valence-corrected chi connectivity index (χ0v) is 8.44. The fourth-order valence-corrected chi connectivity index (χ4v) is 1.56. The number of nitrogens with zero attached hydrogens (tertiary/aromatic N) is 2. The van der Waals surface area contributed by atoms with Gasteiger partial charge in [-0.05, 0) is 24.3 Å². The molecule has 1 aromatic rings. The minimum absolute atomic E-state index is 0.0727. The zero-order chi connectivity index (χ0) is 10.8. The van der Waals surface area contributed by atoms with Crippen LogP contribution in [0.25, 0.3) is 5.57 Å². The maximum Gasteiger partial charge on any atom is 0.313 e. The summed E-state index contributed by atoms with van der Waals surface area (Å²) in [5.74, 6) is 0.980. The average Bonchev–Trinajstić information content (AvgIpc) is 2.98. The fraction of sp³-hybridized carbons (Fsp3) is 0.273. The van der Waals surface area contributed by atoms with Gasteiger partial charge < -0.3 is 10.2 Å². The maximum absolute atomic E-state index is 5.38. The molecule has 2 N–H and O–H groups in total. The van der Waals surface area contributed by atoms with E-state index in [1.807, 2.05) is 6.08 Å². The van der Waals surface area contributed by atoms with Crippen LogP contribution < -0.4 is 5.73 Å². The Morgan fingerprint density at radius 3 is 2.47 bits per heavy atom. The molecule has 1 aromatic heterocycles. The van der Waals surface area contributed by atoms with Gasteiger partial charge in [-0.3, -0.25) is 0 Å². The summed E-state index contributed by atoms with van der Waals surface area (Å²) in [6.45, 7) is 7.55. The van der Waals surface area contributed by atoms with E-state index >= 15 is 0 Å². The summed E-state index contributed by atoms with van der Waals surface area (Å²) in [6, 6.07) is 0.0727. The summed E-state index contributed by atoms with van der Waals surface area (Å²) in [5.41, 5.74) is 7.34. The van der Waals surface area contributed by atoms with E-state index in [1.54, 1.807) is 6.08 Å². The Labute approximate surface area is 88.2 Å². The molecule has 1 aliphatic carbocycles. The molecule has 1 aliphatic rings. The number of allylic oxidation sites excluding steroid dienone is 4. The van der Waals surface area contributed by atoms with E-state index in [9.17, 15) is 0 Å². The van der Waals surface area contributed by atoms with Crippen LogP contribution in [0.1, 0.15) is 18.7 Å². The number of anilines is 1. The summed E-state index contributed by atoms with van der Waals surface area (Å²) in [4.78, 5) is 0. The standard InChI is InChI=1S/C11H13N3O/c1-3-8(7-5-6-7)9(4-2)10-13-14-11(12)15-10/h3-4,7H,1-2,5-6H2,(H2,12,14)/b9-8-. The average molecular weight is 203 g/mol. The summed E-state index contributed by atoms with van der Waals surface area (Å²) in [7, 11) is 0. The molecule has 4 nitrogen and oxygen atoms in total. The van der Waals surface area contributed by atoms with Gasteiger partial charge in [0.25, 0.3) is 0 Å². The normalized spacial score (nSPS) is 17.1. The van der Waals surface area contributed by atoms with Gasteiger partial charge in [-0.1, -0.05) is 30.4 Å². The Hall–Kier alpha value is -1.84. The van der Waals surface area contributed by atoms with Crippen LogP contribution in [0.3, 0.4) is 0 Å². The second-order valence-electron chi connectivity index (χ2n) is 3.50. The molecule has 0 unspecified atom stereocenters. The van der Waals surface area contributed by atoms with Crippen molar-refractivity contribution in [3.8, 4) is 0 Å². The predicted octanol–water partition coefficient (Wildman–Crippen LogP) is 2.19. The highest BCUT2D eigenvalue weighted by Gasteiger charge is 2.27. The molecule has 4 heteroatoms. The lowest BCUT2D eigenvalue weighted by Gasteiger charge is -2.02. The molecule has 0 saturated heterocycles. The smallest absolute Gasteiger partial charge is 0.313 e. The van der Waals surface area contributed by atoms with Crippen LogP contribution in [0, 0.1) is 5.92 Å². The number of nitrogen functional groups attached to an aromatic ring is 1. The van der Waals surface area contributed by atoms with Gasteiger partial charge in [0.1, 0.15) is 0 Å². The molecule has 1 fully saturated rings. The Bertz CT molecular complexity index is 427. The van der Waals surface area contributed by atoms with Gasteiger partial charge in [0.2, 0.25) is 5.89 Å². The third-order valence-corrected chi connectivity index (χ3v) is 2.42. The first-order chi connectivity index (χ1) is 7.26. The van der Waals surface area contributed by atoms with Crippen molar-refractivity contribution < 1.29 is 4.42 Å². The Kier molecular flexibility index (Phi) is 2.41. The molecule has 0 radical (unpaired) electrons. The van der Waals surface area contributed by atoms with Crippen molar-refractivity contribution in [2.45, 2.75) is 12.8 Å². The molecular formula is C11H13N3O. The maximum atomic E-state index is 5.38. The highest BCUT2D eigenvalue weighted by atomic mass is 16.4. The Balaban J connectivity index is 2.44. The summed E-state index contributed by atoms with van der Waals surface area (Å²) in [5, 5.41) is 7.47. The Morgan fingerprint density at radius 1 is 1.33 bits per heavy atom. The summed E-state index contributed by atoms with van der Waals surface area (Å²) >= 11 is 0. The molecule has 0 amide bonds. The minimum Gasteiger partial charge on any atom is -0.404 e. The van der Waals surface area contributed by atoms with E-state index in [1.165, 1.54) is 12.8 Å². The number of nitrogens with two attached hydrogens (primary N) is 1. The van der Waals surface area contributed by atoms with Crippen molar-refractivity contribution in [3.05, 3.63) is 36.8 Å². The SMILES string of the molecule is C=C/C(=C(\C=C)C1CC1)c1nnc(N)o1. The van der Waals surface area contributed by atoms with Crippen molar-refractivity contribution >= 4 is 11.6 Å². The first-order valence-corrected chi connectivity index (χ1v) is 4.84.